The van der Waals surface area contributed by atoms with Crippen molar-refractivity contribution in [2.75, 3.05) is 13.2 Å². The molecular formula is C13H21N3O2. The maximum atomic E-state index is 12.1. The van der Waals surface area contributed by atoms with Crippen molar-refractivity contribution < 1.29 is 9.90 Å². The highest BCUT2D eigenvalue weighted by molar-refractivity contribution is 5.96. The van der Waals surface area contributed by atoms with Crippen molar-refractivity contribution in [3.63, 3.8) is 0 Å². The lowest BCUT2D eigenvalue weighted by atomic mass is 9.87. The van der Waals surface area contributed by atoms with Gasteiger partial charge in [-0.15, -0.1) is 0 Å². The molecule has 0 radical (unpaired) electrons. The Morgan fingerprint density at radius 3 is 2.61 bits per heavy atom. The monoisotopic (exact) mass is 251 g/mol. The molecule has 0 saturated heterocycles. The van der Waals surface area contributed by atoms with E-state index in [9.17, 15) is 9.90 Å². The minimum Gasteiger partial charge on any atom is -0.396 e. The zero-order valence-corrected chi connectivity index (χ0v) is 11.0. The van der Waals surface area contributed by atoms with Crippen LogP contribution in [0.1, 0.15) is 47.4 Å². The van der Waals surface area contributed by atoms with Gasteiger partial charge in [0, 0.05) is 17.7 Å². The van der Waals surface area contributed by atoms with Crippen LogP contribution < -0.4 is 5.32 Å². The van der Waals surface area contributed by atoms with E-state index in [-0.39, 0.29) is 17.9 Å². The van der Waals surface area contributed by atoms with Crippen LogP contribution in [0.25, 0.3) is 0 Å². The topological polar surface area (TPSA) is 78.0 Å². The van der Waals surface area contributed by atoms with Gasteiger partial charge in [-0.25, -0.2) is 0 Å². The molecule has 1 fully saturated rings. The molecule has 1 heterocycles. The van der Waals surface area contributed by atoms with Crippen LogP contribution in [0.4, 0.5) is 0 Å². The highest BCUT2D eigenvalue weighted by Crippen LogP contribution is 2.36. The number of aliphatic hydroxyl groups excluding tert-OH is 1. The standard InChI is InChI=1S/C13H21N3O2/c1-9-11(10(2)16-15-9)12(18)14-7-13(8-17)5-3-4-6-13/h17H,3-8H2,1-2H3,(H,14,18)(H,15,16). The molecule has 0 unspecified atom stereocenters. The summed E-state index contributed by atoms with van der Waals surface area (Å²) >= 11 is 0. The van der Waals surface area contributed by atoms with Gasteiger partial charge in [-0.3, -0.25) is 9.89 Å². The summed E-state index contributed by atoms with van der Waals surface area (Å²) in [6, 6.07) is 0. The zero-order chi connectivity index (χ0) is 13.2. The largest absolute Gasteiger partial charge is 0.396 e. The van der Waals surface area contributed by atoms with E-state index >= 15 is 0 Å². The minimum absolute atomic E-state index is 0.0986. The molecule has 0 spiro atoms. The SMILES string of the molecule is Cc1n[nH]c(C)c1C(=O)NCC1(CO)CCCC1. The number of carbonyl (C=O) groups excluding carboxylic acids is 1. The first kappa shape index (κ1) is 13.1. The molecule has 0 bridgehead atoms. The van der Waals surface area contributed by atoms with E-state index in [4.69, 9.17) is 0 Å². The Hall–Kier alpha value is -1.36. The molecular weight excluding hydrogens is 230 g/mol. The Labute approximate surface area is 107 Å². The Bertz CT molecular complexity index is 414. The summed E-state index contributed by atoms with van der Waals surface area (Å²) in [4.78, 5) is 12.1. The quantitative estimate of drug-likeness (QED) is 0.755. The number of aliphatic hydroxyl groups is 1. The fourth-order valence-corrected chi connectivity index (χ4v) is 2.76. The predicted octanol–water partition coefficient (Wildman–Crippen LogP) is 1.31. The summed E-state index contributed by atoms with van der Waals surface area (Å²) < 4.78 is 0. The average molecular weight is 251 g/mol. The van der Waals surface area contributed by atoms with E-state index in [1.165, 1.54) is 0 Å². The average Bonchev–Trinajstić information content (AvgIpc) is 2.95. The van der Waals surface area contributed by atoms with Crippen LogP contribution in [0, 0.1) is 19.3 Å². The lowest BCUT2D eigenvalue weighted by Crippen LogP contribution is -2.38. The smallest absolute Gasteiger partial charge is 0.255 e. The number of hydrogen-bond donors (Lipinski definition) is 3. The van der Waals surface area contributed by atoms with Crippen molar-refractivity contribution in [1.29, 1.82) is 0 Å². The van der Waals surface area contributed by atoms with Crippen molar-refractivity contribution in [3.05, 3.63) is 17.0 Å². The molecule has 5 nitrogen and oxygen atoms in total. The molecule has 3 N–H and O–H groups in total. The first-order valence-corrected chi connectivity index (χ1v) is 6.49. The first-order chi connectivity index (χ1) is 8.58. The highest BCUT2D eigenvalue weighted by Gasteiger charge is 2.33. The maximum absolute atomic E-state index is 12.1. The molecule has 0 atom stereocenters. The predicted molar refractivity (Wildman–Crippen MR) is 68.4 cm³/mol. The lowest BCUT2D eigenvalue weighted by Gasteiger charge is -2.26. The van der Waals surface area contributed by atoms with Crippen LogP contribution in [-0.2, 0) is 0 Å². The van der Waals surface area contributed by atoms with Gasteiger partial charge < -0.3 is 10.4 Å². The number of aryl methyl sites for hydroxylation is 2. The molecule has 1 aromatic heterocycles. The van der Waals surface area contributed by atoms with E-state index < -0.39 is 0 Å². The third-order valence-corrected chi connectivity index (χ3v) is 3.98. The molecule has 0 aliphatic heterocycles. The first-order valence-electron chi connectivity index (χ1n) is 6.49. The number of nitrogens with zero attached hydrogens (tertiary/aromatic N) is 1. The van der Waals surface area contributed by atoms with E-state index in [2.05, 4.69) is 15.5 Å². The van der Waals surface area contributed by atoms with Gasteiger partial charge in [-0.1, -0.05) is 12.8 Å². The Morgan fingerprint density at radius 2 is 2.11 bits per heavy atom. The molecule has 18 heavy (non-hydrogen) atoms. The number of aromatic amines is 1. The van der Waals surface area contributed by atoms with E-state index in [1.807, 2.05) is 13.8 Å². The fourth-order valence-electron chi connectivity index (χ4n) is 2.76. The third-order valence-electron chi connectivity index (χ3n) is 3.98. The maximum Gasteiger partial charge on any atom is 0.255 e. The summed E-state index contributed by atoms with van der Waals surface area (Å²) in [6.45, 7) is 4.35. The number of aromatic nitrogens is 2. The Kier molecular flexibility index (Phi) is 3.71. The van der Waals surface area contributed by atoms with Gasteiger partial charge in [0.25, 0.3) is 5.91 Å². The lowest BCUT2D eigenvalue weighted by molar-refractivity contribution is 0.0879. The van der Waals surface area contributed by atoms with Gasteiger partial charge in [-0.2, -0.15) is 5.10 Å². The summed E-state index contributed by atoms with van der Waals surface area (Å²) in [5, 5.41) is 19.3. The van der Waals surface area contributed by atoms with Gasteiger partial charge in [0.2, 0.25) is 0 Å². The molecule has 2 rings (SSSR count). The van der Waals surface area contributed by atoms with Gasteiger partial charge in [0.05, 0.1) is 17.9 Å². The van der Waals surface area contributed by atoms with Crippen LogP contribution in [0.5, 0.6) is 0 Å². The van der Waals surface area contributed by atoms with Crippen LogP contribution >= 0.6 is 0 Å². The zero-order valence-electron chi connectivity index (χ0n) is 11.0. The van der Waals surface area contributed by atoms with E-state index in [0.717, 1.165) is 37.1 Å². The summed E-state index contributed by atoms with van der Waals surface area (Å²) in [5.41, 5.74) is 2.02. The summed E-state index contributed by atoms with van der Waals surface area (Å²) in [7, 11) is 0. The second kappa shape index (κ2) is 5.10. The molecule has 1 amide bonds. The number of nitrogens with one attached hydrogen (secondary N) is 2. The van der Waals surface area contributed by atoms with Crippen LogP contribution in [-0.4, -0.2) is 34.4 Å². The van der Waals surface area contributed by atoms with E-state index in [1.54, 1.807) is 0 Å². The van der Waals surface area contributed by atoms with Gasteiger partial charge >= 0.3 is 0 Å². The second-order valence-corrected chi connectivity index (χ2v) is 5.36. The Morgan fingerprint density at radius 1 is 1.44 bits per heavy atom. The van der Waals surface area contributed by atoms with Crippen molar-refractivity contribution >= 4 is 5.91 Å². The Balaban J connectivity index is 2.00. The van der Waals surface area contributed by atoms with Crippen molar-refractivity contribution in [1.82, 2.24) is 15.5 Å². The molecule has 1 aromatic rings. The van der Waals surface area contributed by atoms with Crippen molar-refractivity contribution in [2.24, 2.45) is 5.41 Å². The van der Waals surface area contributed by atoms with E-state index in [0.29, 0.717) is 12.1 Å². The minimum atomic E-state index is -0.110. The van der Waals surface area contributed by atoms with Crippen molar-refractivity contribution in [2.45, 2.75) is 39.5 Å². The van der Waals surface area contributed by atoms with Gasteiger partial charge in [0.15, 0.2) is 0 Å². The summed E-state index contributed by atoms with van der Waals surface area (Å²) in [6.07, 6.45) is 4.26. The van der Waals surface area contributed by atoms with Crippen LogP contribution in [0.3, 0.4) is 0 Å². The molecule has 100 valence electrons. The van der Waals surface area contributed by atoms with Gasteiger partial charge in [0.1, 0.15) is 0 Å². The number of hydrogen-bond acceptors (Lipinski definition) is 3. The highest BCUT2D eigenvalue weighted by atomic mass is 16.3. The van der Waals surface area contributed by atoms with Crippen LogP contribution in [0.2, 0.25) is 0 Å². The number of H-pyrrole nitrogens is 1. The fraction of sp³-hybridized carbons (Fsp3) is 0.692. The molecule has 1 saturated carbocycles. The molecule has 1 aliphatic rings. The summed E-state index contributed by atoms with van der Waals surface area (Å²) in [5.74, 6) is -0.0986. The number of rotatable bonds is 4. The second-order valence-electron chi connectivity index (χ2n) is 5.36. The molecule has 0 aromatic carbocycles. The molecule has 5 heteroatoms. The van der Waals surface area contributed by atoms with Crippen LogP contribution in [0.15, 0.2) is 0 Å². The number of amides is 1. The van der Waals surface area contributed by atoms with Gasteiger partial charge in [-0.05, 0) is 26.7 Å². The molecule has 1 aliphatic carbocycles. The third kappa shape index (κ3) is 2.41. The number of carbonyl (C=O) groups is 1. The normalized spacial score (nSPS) is 17.9. The van der Waals surface area contributed by atoms with Crippen molar-refractivity contribution in [3.8, 4) is 0 Å².